The molecule has 1 aliphatic rings. The Kier molecular flexibility index (Phi) is 4.91. The number of rotatable bonds is 4. The first-order chi connectivity index (χ1) is 11.9. The Labute approximate surface area is 147 Å². The quantitative estimate of drug-likeness (QED) is 0.903. The van der Waals surface area contributed by atoms with E-state index in [9.17, 15) is 13.2 Å². The third-order valence-corrected chi connectivity index (χ3v) is 6.26. The van der Waals surface area contributed by atoms with Gasteiger partial charge < -0.3 is 5.32 Å². The number of aryl methyl sites for hydroxylation is 2. The van der Waals surface area contributed by atoms with E-state index in [1.165, 1.54) is 10.4 Å². The second-order valence-corrected chi connectivity index (χ2v) is 8.21. The van der Waals surface area contributed by atoms with Gasteiger partial charge in [-0.25, -0.2) is 8.42 Å². The molecule has 1 saturated heterocycles. The maximum absolute atomic E-state index is 12.8. The summed E-state index contributed by atoms with van der Waals surface area (Å²) >= 11 is 0. The third-order valence-electron chi connectivity index (χ3n) is 4.36. The molecule has 0 spiro atoms. The maximum Gasteiger partial charge on any atom is 0.257 e. The van der Waals surface area contributed by atoms with Crippen LogP contribution in [0.4, 0.5) is 5.82 Å². The summed E-state index contributed by atoms with van der Waals surface area (Å²) in [5.74, 6) is 0.0584. The molecular weight excluding hydrogens is 340 g/mol. The number of carbonyl (C=O) groups is 1. The highest BCUT2D eigenvalue weighted by atomic mass is 32.2. The van der Waals surface area contributed by atoms with Crippen LogP contribution in [0, 0.1) is 6.92 Å². The monoisotopic (exact) mass is 362 g/mol. The van der Waals surface area contributed by atoms with Crippen LogP contribution < -0.4 is 5.32 Å². The highest BCUT2D eigenvalue weighted by Gasteiger charge is 2.27. The molecule has 0 saturated carbocycles. The van der Waals surface area contributed by atoms with Crippen LogP contribution in [0.2, 0.25) is 0 Å². The number of anilines is 1. The minimum Gasteiger partial charge on any atom is -0.305 e. The molecule has 1 aromatic carbocycles. The molecule has 1 fully saturated rings. The Hall–Kier alpha value is -2.19. The van der Waals surface area contributed by atoms with Crippen molar-refractivity contribution in [3.05, 3.63) is 41.6 Å². The molecule has 2 aromatic rings. The lowest BCUT2D eigenvalue weighted by molar-refractivity contribution is 0.102. The predicted octanol–water partition coefficient (Wildman–Crippen LogP) is 2.16. The molecule has 0 radical (unpaired) electrons. The van der Waals surface area contributed by atoms with E-state index in [2.05, 4.69) is 10.4 Å². The number of hydrogen-bond donors (Lipinski definition) is 1. The highest BCUT2D eigenvalue weighted by Crippen LogP contribution is 2.23. The Balaban J connectivity index is 1.88. The third kappa shape index (κ3) is 3.74. The van der Waals surface area contributed by atoms with Gasteiger partial charge >= 0.3 is 0 Å². The zero-order valence-electron chi connectivity index (χ0n) is 14.4. The number of sulfonamides is 1. The summed E-state index contributed by atoms with van der Waals surface area (Å²) in [4.78, 5) is 12.7. The largest absolute Gasteiger partial charge is 0.305 e. The lowest BCUT2D eigenvalue weighted by atomic mass is 10.1. The lowest BCUT2D eigenvalue weighted by Gasteiger charge is -2.26. The van der Waals surface area contributed by atoms with Gasteiger partial charge in [0.25, 0.3) is 5.91 Å². The SMILES string of the molecule is Cc1ccc(S(=O)(=O)N2CCCCC2)cc1C(=O)Nc1ccn(C)n1. The molecule has 134 valence electrons. The molecule has 2 heterocycles. The summed E-state index contributed by atoms with van der Waals surface area (Å²) in [7, 11) is -1.81. The first-order valence-electron chi connectivity index (χ1n) is 8.30. The smallest absolute Gasteiger partial charge is 0.257 e. The van der Waals surface area contributed by atoms with Gasteiger partial charge in [0.05, 0.1) is 4.90 Å². The van der Waals surface area contributed by atoms with Crippen LogP contribution in [0.3, 0.4) is 0 Å². The lowest BCUT2D eigenvalue weighted by Crippen LogP contribution is -2.35. The fraction of sp³-hybridized carbons (Fsp3) is 0.412. The van der Waals surface area contributed by atoms with Crippen molar-refractivity contribution in [2.75, 3.05) is 18.4 Å². The Morgan fingerprint density at radius 2 is 1.88 bits per heavy atom. The van der Waals surface area contributed by atoms with E-state index in [-0.39, 0.29) is 10.8 Å². The molecule has 0 unspecified atom stereocenters. The van der Waals surface area contributed by atoms with Crippen LogP contribution in [0.15, 0.2) is 35.4 Å². The second-order valence-electron chi connectivity index (χ2n) is 6.27. The van der Waals surface area contributed by atoms with E-state index in [1.54, 1.807) is 43.0 Å². The van der Waals surface area contributed by atoms with Crippen LogP contribution >= 0.6 is 0 Å². The standard InChI is InChI=1S/C17H22N4O3S/c1-13-6-7-14(25(23,24)21-9-4-3-5-10-21)12-15(13)17(22)18-16-8-11-20(2)19-16/h6-8,11-12H,3-5,9-10H2,1-2H3,(H,18,19,22). The van der Waals surface area contributed by atoms with E-state index in [1.807, 2.05) is 0 Å². The van der Waals surface area contributed by atoms with Gasteiger partial charge in [-0.15, -0.1) is 0 Å². The van der Waals surface area contributed by atoms with Crippen molar-refractivity contribution in [3.63, 3.8) is 0 Å². The number of amides is 1. The number of nitrogens with one attached hydrogen (secondary N) is 1. The van der Waals surface area contributed by atoms with Gasteiger partial charge in [-0.1, -0.05) is 12.5 Å². The molecule has 1 aromatic heterocycles. The topological polar surface area (TPSA) is 84.3 Å². The second kappa shape index (κ2) is 6.97. The zero-order chi connectivity index (χ0) is 18.0. The van der Waals surface area contributed by atoms with Crippen LogP contribution in [0.5, 0.6) is 0 Å². The molecule has 1 N–H and O–H groups in total. The van der Waals surface area contributed by atoms with Gasteiger partial charge in [-0.2, -0.15) is 9.40 Å². The molecule has 0 aliphatic carbocycles. The number of benzene rings is 1. The molecule has 7 nitrogen and oxygen atoms in total. The van der Waals surface area contributed by atoms with Crippen molar-refractivity contribution >= 4 is 21.7 Å². The van der Waals surface area contributed by atoms with Crippen LogP contribution in [-0.4, -0.2) is 41.5 Å². The molecule has 8 heteroatoms. The molecule has 0 atom stereocenters. The van der Waals surface area contributed by atoms with Gasteiger partial charge in [-0.3, -0.25) is 9.48 Å². The van der Waals surface area contributed by atoms with Crippen molar-refractivity contribution in [2.24, 2.45) is 7.05 Å². The van der Waals surface area contributed by atoms with Crippen molar-refractivity contribution in [2.45, 2.75) is 31.1 Å². The van der Waals surface area contributed by atoms with Gasteiger partial charge in [0.15, 0.2) is 5.82 Å². The van der Waals surface area contributed by atoms with Crippen LogP contribution in [0.25, 0.3) is 0 Å². The summed E-state index contributed by atoms with van der Waals surface area (Å²) in [5, 5.41) is 6.81. The summed E-state index contributed by atoms with van der Waals surface area (Å²) in [6.45, 7) is 2.85. The fourth-order valence-corrected chi connectivity index (χ4v) is 4.47. The van der Waals surface area contributed by atoms with Crippen molar-refractivity contribution < 1.29 is 13.2 Å². The van der Waals surface area contributed by atoms with E-state index in [4.69, 9.17) is 0 Å². The number of aromatic nitrogens is 2. The van der Waals surface area contributed by atoms with Crippen molar-refractivity contribution in [1.82, 2.24) is 14.1 Å². The Morgan fingerprint density at radius 1 is 1.16 bits per heavy atom. The van der Waals surface area contributed by atoms with Gasteiger partial charge in [0.2, 0.25) is 10.0 Å². The highest BCUT2D eigenvalue weighted by molar-refractivity contribution is 7.89. The minimum absolute atomic E-state index is 0.158. The average Bonchev–Trinajstić information content (AvgIpc) is 3.00. The molecule has 1 amide bonds. The van der Waals surface area contributed by atoms with Crippen molar-refractivity contribution in [3.8, 4) is 0 Å². The van der Waals surface area contributed by atoms with Gasteiger partial charge in [0.1, 0.15) is 0 Å². The van der Waals surface area contributed by atoms with E-state index >= 15 is 0 Å². The summed E-state index contributed by atoms with van der Waals surface area (Å²) < 4.78 is 28.7. The molecule has 3 rings (SSSR count). The van der Waals surface area contributed by atoms with Crippen LogP contribution in [-0.2, 0) is 17.1 Å². The first-order valence-corrected chi connectivity index (χ1v) is 9.74. The maximum atomic E-state index is 12.8. The Morgan fingerprint density at radius 3 is 2.52 bits per heavy atom. The average molecular weight is 362 g/mol. The summed E-state index contributed by atoms with van der Waals surface area (Å²) in [6, 6.07) is 6.38. The number of hydrogen-bond acceptors (Lipinski definition) is 4. The zero-order valence-corrected chi connectivity index (χ0v) is 15.2. The molecule has 25 heavy (non-hydrogen) atoms. The predicted molar refractivity (Wildman–Crippen MR) is 95.0 cm³/mol. The molecular formula is C17H22N4O3S. The van der Waals surface area contributed by atoms with E-state index in [0.717, 1.165) is 19.3 Å². The van der Waals surface area contributed by atoms with Gasteiger partial charge in [0, 0.05) is 38.0 Å². The van der Waals surface area contributed by atoms with Crippen LogP contribution in [0.1, 0.15) is 35.2 Å². The summed E-state index contributed by atoms with van der Waals surface area (Å²) in [5.41, 5.74) is 1.05. The molecule has 1 aliphatic heterocycles. The number of carbonyl (C=O) groups excluding carboxylic acids is 1. The van der Waals surface area contributed by atoms with Crippen molar-refractivity contribution in [1.29, 1.82) is 0 Å². The minimum atomic E-state index is -3.57. The van der Waals surface area contributed by atoms with E-state index in [0.29, 0.717) is 30.0 Å². The first kappa shape index (κ1) is 17.6. The molecule has 0 bridgehead atoms. The number of piperidine rings is 1. The van der Waals surface area contributed by atoms with E-state index < -0.39 is 10.0 Å². The fourth-order valence-electron chi connectivity index (χ4n) is 2.93. The summed E-state index contributed by atoms with van der Waals surface area (Å²) in [6.07, 6.45) is 4.52. The normalized spacial score (nSPS) is 15.9. The number of nitrogens with zero attached hydrogens (tertiary/aromatic N) is 3. The van der Waals surface area contributed by atoms with Gasteiger partial charge in [-0.05, 0) is 37.5 Å². The Bertz CT molecular complexity index is 883.